The number of hydrogen-bond donors (Lipinski definition) is 1. The first-order chi connectivity index (χ1) is 17.1. The Hall–Kier alpha value is -3.26. The molecular formula is C27H33N7O. The third-order valence-electron chi connectivity index (χ3n) is 7.53. The maximum Gasteiger partial charge on any atom is 0.197 e. The summed E-state index contributed by atoms with van der Waals surface area (Å²) < 4.78 is 7.30. The van der Waals surface area contributed by atoms with Crippen molar-refractivity contribution in [3.63, 3.8) is 0 Å². The Kier molecular flexibility index (Phi) is 5.76. The number of ether oxygens (including phenoxy) is 1. The fourth-order valence-corrected chi connectivity index (χ4v) is 5.41. The molecule has 0 atom stereocenters. The van der Waals surface area contributed by atoms with Gasteiger partial charge in [-0.05, 0) is 74.2 Å². The van der Waals surface area contributed by atoms with Gasteiger partial charge in [-0.1, -0.05) is 19.9 Å². The number of methoxy groups -OCH3 is 1. The fourth-order valence-electron chi connectivity index (χ4n) is 5.41. The zero-order valence-corrected chi connectivity index (χ0v) is 20.7. The molecule has 1 aliphatic heterocycles. The Balaban J connectivity index is 1.26. The Bertz CT molecular complexity index is 1310. The quantitative estimate of drug-likeness (QED) is 0.413. The standard InChI is InChI=1S/C27H33N7O/c1-17(2)24-25(21-12-23(35-3)27-29-16-30-34(27)15-21)31-32-26(24)22-7-6-20(13-28-22)19-8-10-33(11-9-19)14-18-4-5-18/h6-7,12-13,15-19H,4-5,8-11,14H2,1-3H3,(H,31,32). The molecule has 0 bridgehead atoms. The summed E-state index contributed by atoms with van der Waals surface area (Å²) in [5.74, 6) is 2.51. The molecule has 2 fully saturated rings. The summed E-state index contributed by atoms with van der Waals surface area (Å²) in [6, 6.07) is 6.38. The predicted molar refractivity (Wildman–Crippen MR) is 136 cm³/mol. The molecule has 1 aliphatic carbocycles. The maximum atomic E-state index is 5.57. The summed E-state index contributed by atoms with van der Waals surface area (Å²) in [5.41, 5.74) is 6.90. The number of rotatable bonds is 7. The molecular weight excluding hydrogens is 438 g/mol. The van der Waals surface area contributed by atoms with Crippen LogP contribution in [0.15, 0.2) is 36.9 Å². The van der Waals surface area contributed by atoms with Gasteiger partial charge in [0, 0.05) is 30.1 Å². The van der Waals surface area contributed by atoms with E-state index < -0.39 is 0 Å². The fraction of sp³-hybridized carbons (Fsp3) is 0.481. The molecule has 1 saturated carbocycles. The molecule has 8 nitrogen and oxygen atoms in total. The van der Waals surface area contributed by atoms with E-state index in [4.69, 9.17) is 14.8 Å². The van der Waals surface area contributed by atoms with Crippen molar-refractivity contribution in [2.45, 2.75) is 51.4 Å². The first-order valence-corrected chi connectivity index (χ1v) is 12.8. The van der Waals surface area contributed by atoms with Crippen molar-refractivity contribution in [2.24, 2.45) is 5.92 Å². The van der Waals surface area contributed by atoms with Gasteiger partial charge in [-0.15, -0.1) is 0 Å². The van der Waals surface area contributed by atoms with E-state index >= 15 is 0 Å². The molecule has 6 rings (SSSR count). The maximum absolute atomic E-state index is 5.57. The van der Waals surface area contributed by atoms with Gasteiger partial charge in [-0.25, -0.2) is 9.50 Å². The van der Waals surface area contributed by atoms with Gasteiger partial charge in [-0.2, -0.15) is 10.2 Å². The third-order valence-corrected chi connectivity index (χ3v) is 7.53. The third kappa shape index (κ3) is 4.31. The van der Waals surface area contributed by atoms with Crippen LogP contribution in [0.1, 0.15) is 62.5 Å². The minimum Gasteiger partial charge on any atom is -0.493 e. The van der Waals surface area contributed by atoms with Crippen molar-refractivity contribution < 1.29 is 4.74 Å². The average Bonchev–Trinajstić information content (AvgIpc) is 3.38. The van der Waals surface area contributed by atoms with Crippen molar-refractivity contribution in [3.05, 3.63) is 48.0 Å². The van der Waals surface area contributed by atoms with Crippen LogP contribution in [0, 0.1) is 5.92 Å². The summed E-state index contributed by atoms with van der Waals surface area (Å²) in [6.07, 6.45) is 10.9. The molecule has 0 unspecified atom stereocenters. The SMILES string of the molecule is COc1cc(-c2[nH]nc(-c3ccc(C4CCN(CC5CC5)CC4)cn3)c2C(C)C)cn2ncnc12. The minimum atomic E-state index is 0.258. The summed E-state index contributed by atoms with van der Waals surface area (Å²) in [7, 11) is 1.65. The van der Waals surface area contributed by atoms with Crippen molar-refractivity contribution in [2.75, 3.05) is 26.7 Å². The molecule has 4 aromatic rings. The van der Waals surface area contributed by atoms with Crippen LogP contribution in [-0.2, 0) is 0 Å². The molecule has 8 heteroatoms. The summed E-state index contributed by atoms with van der Waals surface area (Å²) in [4.78, 5) is 11.8. The molecule has 2 aliphatic rings. The van der Waals surface area contributed by atoms with Crippen LogP contribution in [0.3, 0.4) is 0 Å². The highest BCUT2D eigenvalue weighted by molar-refractivity contribution is 5.75. The van der Waals surface area contributed by atoms with Crippen molar-refractivity contribution >= 4 is 5.65 Å². The highest BCUT2D eigenvalue weighted by Gasteiger charge is 2.28. The van der Waals surface area contributed by atoms with E-state index in [1.165, 1.54) is 57.2 Å². The number of likely N-dealkylation sites (tertiary alicyclic amines) is 1. The summed E-state index contributed by atoms with van der Waals surface area (Å²) in [5, 5.41) is 12.3. The van der Waals surface area contributed by atoms with E-state index in [1.54, 1.807) is 11.6 Å². The number of fused-ring (bicyclic) bond motifs is 1. The monoisotopic (exact) mass is 471 g/mol. The van der Waals surface area contributed by atoms with Crippen LogP contribution in [0.2, 0.25) is 0 Å². The Labute approximate surface area is 205 Å². The molecule has 0 aromatic carbocycles. The van der Waals surface area contributed by atoms with E-state index in [1.807, 2.05) is 12.3 Å². The smallest absolute Gasteiger partial charge is 0.197 e. The zero-order chi connectivity index (χ0) is 23.9. The number of H-pyrrole nitrogens is 1. The van der Waals surface area contributed by atoms with Gasteiger partial charge in [0.15, 0.2) is 11.4 Å². The van der Waals surface area contributed by atoms with Gasteiger partial charge in [-0.3, -0.25) is 10.1 Å². The minimum absolute atomic E-state index is 0.258. The molecule has 182 valence electrons. The van der Waals surface area contributed by atoms with Gasteiger partial charge in [0.05, 0.1) is 18.5 Å². The molecule has 5 heterocycles. The van der Waals surface area contributed by atoms with Crippen LogP contribution in [0.5, 0.6) is 5.75 Å². The number of piperidine rings is 1. The Morgan fingerprint density at radius 2 is 1.94 bits per heavy atom. The molecule has 0 amide bonds. The summed E-state index contributed by atoms with van der Waals surface area (Å²) >= 11 is 0. The average molecular weight is 472 g/mol. The number of nitrogens with one attached hydrogen (secondary N) is 1. The van der Waals surface area contributed by atoms with Gasteiger partial charge in [0.25, 0.3) is 0 Å². The number of pyridine rings is 2. The van der Waals surface area contributed by atoms with Crippen molar-refractivity contribution in [1.29, 1.82) is 0 Å². The lowest BCUT2D eigenvalue weighted by atomic mass is 9.90. The van der Waals surface area contributed by atoms with Crippen LogP contribution in [-0.4, -0.2) is 61.4 Å². The van der Waals surface area contributed by atoms with Gasteiger partial charge >= 0.3 is 0 Å². The van der Waals surface area contributed by atoms with E-state index in [9.17, 15) is 0 Å². The molecule has 4 aromatic heterocycles. The largest absolute Gasteiger partial charge is 0.493 e. The van der Waals surface area contributed by atoms with Crippen molar-refractivity contribution in [3.8, 4) is 28.4 Å². The second-order valence-electron chi connectivity index (χ2n) is 10.3. The highest BCUT2D eigenvalue weighted by Crippen LogP contribution is 2.37. The number of aromatic nitrogens is 6. The molecule has 0 spiro atoms. The van der Waals surface area contributed by atoms with E-state index in [-0.39, 0.29) is 5.92 Å². The van der Waals surface area contributed by atoms with Gasteiger partial charge in [0.2, 0.25) is 0 Å². The van der Waals surface area contributed by atoms with Gasteiger partial charge < -0.3 is 9.64 Å². The lowest BCUT2D eigenvalue weighted by Crippen LogP contribution is -2.34. The Morgan fingerprint density at radius 3 is 2.63 bits per heavy atom. The highest BCUT2D eigenvalue weighted by atomic mass is 16.5. The van der Waals surface area contributed by atoms with Crippen LogP contribution in [0.4, 0.5) is 0 Å². The lowest BCUT2D eigenvalue weighted by Gasteiger charge is -2.32. The normalized spacial score (nSPS) is 17.5. The molecule has 1 N–H and O–H groups in total. The second-order valence-corrected chi connectivity index (χ2v) is 10.3. The topological polar surface area (TPSA) is 84.2 Å². The first-order valence-electron chi connectivity index (χ1n) is 12.8. The first kappa shape index (κ1) is 22.2. The van der Waals surface area contributed by atoms with Crippen LogP contribution >= 0.6 is 0 Å². The van der Waals surface area contributed by atoms with E-state index in [0.29, 0.717) is 17.3 Å². The van der Waals surface area contributed by atoms with Gasteiger partial charge in [0.1, 0.15) is 12.0 Å². The second kappa shape index (κ2) is 9.07. The van der Waals surface area contributed by atoms with E-state index in [0.717, 1.165) is 34.1 Å². The number of nitrogens with zero attached hydrogens (tertiary/aromatic N) is 6. The van der Waals surface area contributed by atoms with Crippen LogP contribution in [0.25, 0.3) is 28.3 Å². The predicted octanol–water partition coefficient (Wildman–Crippen LogP) is 4.90. The molecule has 0 radical (unpaired) electrons. The Morgan fingerprint density at radius 1 is 1.11 bits per heavy atom. The summed E-state index contributed by atoms with van der Waals surface area (Å²) in [6.45, 7) is 8.10. The molecule has 35 heavy (non-hydrogen) atoms. The van der Waals surface area contributed by atoms with Crippen LogP contribution < -0.4 is 4.74 Å². The lowest BCUT2D eigenvalue weighted by molar-refractivity contribution is 0.204. The van der Waals surface area contributed by atoms with Crippen molar-refractivity contribution in [1.82, 2.24) is 34.7 Å². The zero-order valence-electron chi connectivity index (χ0n) is 20.7. The number of hydrogen-bond acceptors (Lipinski definition) is 6. The van der Waals surface area contributed by atoms with E-state index in [2.05, 4.69) is 52.3 Å². The number of aromatic amines is 1. The molecule has 1 saturated heterocycles.